The Kier molecular flexibility index (Phi) is 7.07. The SMILES string of the molecule is O=C(Nc1ccccc1)NC1CCN(C(=O)CCc2ncc(-c3ccccc3Cl)o2)CC1. The van der Waals surface area contributed by atoms with Crippen molar-refractivity contribution in [2.24, 2.45) is 0 Å². The first-order valence-electron chi connectivity index (χ1n) is 10.7. The number of carbonyl (C=O) groups excluding carboxylic acids is 2. The predicted octanol–water partition coefficient (Wildman–Crippen LogP) is 4.74. The van der Waals surface area contributed by atoms with E-state index in [2.05, 4.69) is 15.6 Å². The van der Waals surface area contributed by atoms with Crippen molar-refractivity contribution in [3.05, 3.63) is 71.7 Å². The number of anilines is 1. The number of carbonyl (C=O) groups is 2. The first-order chi connectivity index (χ1) is 15.6. The lowest BCUT2D eigenvalue weighted by Crippen LogP contribution is -2.47. The zero-order chi connectivity index (χ0) is 22.3. The minimum atomic E-state index is -0.223. The number of rotatable bonds is 6. The van der Waals surface area contributed by atoms with E-state index in [1.807, 2.05) is 53.4 Å². The van der Waals surface area contributed by atoms with E-state index in [0.717, 1.165) is 24.1 Å². The Balaban J connectivity index is 1.20. The first-order valence-corrected chi connectivity index (χ1v) is 11.1. The molecule has 0 unspecified atom stereocenters. The van der Waals surface area contributed by atoms with Gasteiger partial charge in [-0.25, -0.2) is 9.78 Å². The Morgan fingerprint density at radius 3 is 2.53 bits per heavy atom. The molecule has 0 saturated carbocycles. The molecule has 0 atom stereocenters. The monoisotopic (exact) mass is 452 g/mol. The molecule has 0 radical (unpaired) electrons. The Hall–Kier alpha value is -3.32. The maximum atomic E-state index is 12.6. The van der Waals surface area contributed by atoms with Crippen LogP contribution in [0.25, 0.3) is 11.3 Å². The molecule has 0 bridgehead atoms. The van der Waals surface area contributed by atoms with Gasteiger partial charge in [0.1, 0.15) is 0 Å². The summed E-state index contributed by atoms with van der Waals surface area (Å²) in [4.78, 5) is 30.9. The lowest BCUT2D eigenvalue weighted by Gasteiger charge is -2.32. The molecule has 1 aromatic heterocycles. The van der Waals surface area contributed by atoms with Crippen molar-refractivity contribution in [2.75, 3.05) is 18.4 Å². The molecule has 0 spiro atoms. The fraction of sp³-hybridized carbons (Fsp3) is 0.292. The van der Waals surface area contributed by atoms with Crippen molar-refractivity contribution in [3.8, 4) is 11.3 Å². The van der Waals surface area contributed by atoms with Gasteiger partial charge >= 0.3 is 6.03 Å². The summed E-state index contributed by atoms with van der Waals surface area (Å²) in [6.07, 6.45) is 3.85. The molecule has 1 aliphatic rings. The Labute approximate surface area is 191 Å². The fourth-order valence-corrected chi connectivity index (χ4v) is 3.96. The summed E-state index contributed by atoms with van der Waals surface area (Å²) in [6.45, 7) is 1.23. The van der Waals surface area contributed by atoms with Crippen LogP contribution in [0, 0.1) is 0 Å². The second-order valence-electron chi connectivity index (χ2n) is 7.72. The average molecular weight is 453 g/mol. The van der Waals surface area contributed by atoms with Crippen molar-refractivity contribution in [2.45, 2.75) is 31.7 Å². The zero-order valence-corrected chi connectivity index (χ0v) is 18.3. The van der Waals surface area contributed by atoms with Gasteiger partial charge in [-0.3, -0.25) is 4.79 Å². The summed E-state index contributed by atoms with van der Waals surface area (Å²) in [7, 11) is 0. The molecule has 3 aromatic rings. The average Bonchev–Trinajstić information content (AvgIpc) is 3.28. The van der Waals surface area contributed by atoms with E-state index in [4.69, 9.17) is 16.0 Å². The number of oxazole rings is 1. The van der Waals surface area contributed by atoms with E-state index in [-0.39, 0.29) is 18.0 Å². The van der Waals surface area contributed by atoms with Crippen LogP contribution in [-0.2, 0) is 11.2 Å². The van der Waals surface area contributed by atoms with Crippen LogP contribution in [0.4, 0.5) is 10.5 Å². The number of aromatic nitrogens is 1. The number of likely N-dealkylation sites (tertiary alicyclic amines) is 1. The molecule has 2 aromatic carbocycles. The number of piperidine rings is 1. The highest BCUT2D eigenvalue weighted by atomic mass is 35.5. The molecule has 1 saturated heterocycles. The normalized spacial score (nSPS) is 14.2. The number of aryl methyl sites for hydroxylation is 1. The van der Waals surface area contributed by atoms with E-state index < -0.39 is 0 Å². The molecular weight excluding hydrogens is 428 g/mol. The van der Waals surface area contributed by atoms with Crippen molar-refractivity contribution in [3.63, 3.8) is 0 Å². The standard InChI is InChI=1S/C24H25ClN4O3/c25-20-9-5-4-8-19(20)21-16-26-22(32-21)10-11-23(30)29-14-12-18(13-15-29)28-24(31)27-17-6-2-1-3-7-17/h1-9,16,18H,10-15H2,(H2,27,28,31). The molecule has 7 nitrogen and oxygen atoms in total. The summed E-state index contributed by atoms with van der Waals surface area (Å²) in [5.74, 6) is 1.18. The van der Waals surface area contributed by atoms with E-state index in [1.54, 1.807) is 12.3 Å². The summed E-state index contributed by atoms with van der Waals surface area (Å²) in [6, 6.07) is 16.6. The molecule has 166 valence electrons. The van der Waals surface area contributed by atoms with Crippen LogP contribution in [0.3, 0.4) is 0 Å². The van der Waals surface area contributed by atoms with Crippen LogP contribution in [0.2, 0.25) is 5.02 Å². The van der Waals surface area contributed by atoms with Gasteiger partial charge in [-0.15, -0.1) is 0 Å². The summed E-state index contributed by atoms with van der Waals surface area (Å²) < 4.78 is 5.78. The third-order valence-corrected chi connectivity index (χ3v) is 5.79. The fourth-order valence-electron chi connectivity index (χ4n) is 3.73. The highest BCUT2D eigenvalue weighted by Gasteiger charge is 2.24. The number of nitrogens with zero attached hydrogens (tertiary/aromatic N) is 2. The third kappa shape index (κ3) is 5.68. The van der Waals surface area contributed by atoms with Crippen LogP contribution in [0.5, 0.6) is 0 Å². The van der Waals surface area contributed by atoms with E-state index in [9.17, 15) is 9.59 Å². The van der Waals surface area contributed by atoms with Crippen LogP contribution in [0.1, 0.15) is 25.2 Å². The van der Waals surface area contributed by atoms with Crippen molar-refractivity contribution in [1.82, 2.24) is 15.2 Å². The molecule has 2 N–H and O–H groups in total. The van der Waals surface area contributed by atoms with Gasteiger partial charge in [0, 0.05) is 43.2 Å². The van der Waals surface area contributed by atoms with Gasteiger partial charge in [-0.05, 0) is 37.1 Å². The Morgan fingerprint density at radius 1 is 1.06 bits per heavy atom. The van der Waals surface area contributed by atoms with Gasteiger partial charge in [0.25, 0.3) is 0 Å². The number of halogens is 1. The van der Waals surface area contributed by atoms with Gasteiger partial charge in [0.15, 0.2) is 11.7 Å². The van der Waals surface area contributed by atoms with E-state index in [1.165, 1.54) is 0 Å². The van der Waals surface area contributed by atoms with Crippen LogP contribution < -0.4 is 10.6 Å². The molecule has 0 aliphatic carbocycles. The van der Waals surface area contributed by atoms with E-state index in [0.29, 0.717) is 42.6 Å². The van der Waals surface area contributed by atoms with Crippen LogP contribution in [0.15, 0.2) is 65.2 Å². The van der Waals surface area contributed by atoms with Gasteiger partial charge in [0.2, 0.25) is 5.91 Å². The van der Waals surface area contributed by atoms with Crippen molar-refractivity contribution < 1.29 is 14.0 Å². The maximum Gasteiger partial charge on any atom is 0.319 e. The number of urea groups is 1. The van der Waals surface area contributed by atoms with Gasteiger partial charge in [-0.1, -0.05) is 41.9 Å². The topological polar surface area (TPSA) is 87.5 Å². The van der Waals surface area contributed by atoms with Crippen LogP contribution >= 0.6 is 11.6 Å². The largest absolute Gasteiger partial charge is 0.441 e. The molecule has 1 fully saturated rings. The Bertz CT molecular complexity index is 1060. The molecule has 4 rings (SSSR count). The van der Waals surface area contributed by atoms with E-state index >= 15 is 0 Å². The van der Waals surface area contributed by atoms with Gasteiger partial charge in [0.05, 0.1) is 11.2 Å². The molecule has 8 heteroatoms. The zero-order valence-electron chi connectivity index (χ0n) is 17.6. The maximum absolute atomic E-state index is 12.6. The highest BCUT2D eigenvalue weighted by molar-refractivity contribution is 6.33. The summed E-state index contributed by atoms with van der Waals surface area (Å²) >= 11 is 6.20. The number of benzene rings is 2. The number of hydrogen-bond donors (Lipinski definition) is 2. The number of amides is 3. The minimum Gasteiger partial charge on any atom is -0.441 e. The second-order valence-corrected chi connectivity index (χ2v) is 8.12. The van der Waals surface area contributed by atoms with Gasteiger partial charge in [-0.2, -0.15) is 0 Å². The molecule has 2 heterocycles. The quantitative estimate of drug-likeness (QED) is 0.565. The van der Waals surface area contributed by atoms with Crippen LogP contribution in [-0.4, -0.2) is 41.0 Å². The number of nitrogens with one attached hydrogen (secondary N) is 2. The lowest BCUT2D eigenvalue weighted by molar-refractivity contribution is -0.132. The smallest absolute Gasteiger partial charge is 0.319 e. The predicted molar refractivity (Wildman–Crippen MR) is 123 cm³/mol. The summed E-state index contributed by atoms with van der Waals surface area (Å²) in [5, 5.41) is 6.40. The summed E-state index contributed by atoms with van der Waals surface area (Å²) in [5.41, 5.74) is 1.53. The molecule has 32 heavy (non-hydrogen) atoms. The molecule has 3 amide bonds. The first kappa shape index (κ1) is 21.9. The Morgan fingerprint density at radius 2 is 1.78 bits per heavy atom. The molecule has 1 aliphatic heterocycles. The van der Waals surface area contributed by atoms with Gasteiger partial charge < -0.3 is 20.0 Å². The third-order valence-electron chi connectivity index (χ3n) is 5.46. The highest BCUT2D eigenvalue weighted by Crippen LogP contribution is 2.28. The van der Waals surface area contributed by atoms with Crippen molar-refractivity contribution >= 4 is 29.2 Å². The van der Waals surface area contributed by atoms with Crippen molar-refractivity contribution in [1.29, 1.82) is 0 Å². The number of hydrogen-bond acceptors (Lipinski definition) is 4. The minimum absolute atomic E-state index is 0.0488. The second kappa shape index (κ2) is 10.3. The number of para-hydroxylation sites is 1. The molecular formula is C24H25ClN4O3. The lowest BCUT2D eigenvalue weighted by atomic mass is 10.0.